The number of hydrogen-bond donors (Lipinski definition) is 2. The van der Waals surface area contributed by atoms with Gasteiger partial charge in [-0.2, -0.15) is 0 Å². The van der Waals surface area contributed by atoms with Crippen molar-refractivity contribution in [3.63, 3.8) is 0 Å². The third kappa shape index (κ3) is 4.71. The number of halogens is 2. The first-order valence-corrected chi connectivity index (χ1v) is 14.5. The lowest BCUT2D eigenvalue weighted by Gasteiger charge is -2.30. The summed E-state index contributed by atoms with van der Waals surface area (Å²) in [5.74, 6) is -2.60. The molecular weight excluding hydrogens is 593 g/mol. The quantitative estimate of drug-likeness (QED) is 0.294. The molecule has 12 heteroatoms. The SMILES string of the molecule is O=C(Cn1c2c(sc1=O)[C@@H](c1ccc(O)cc1)[C@H]1C(=O)N(c3ccc(Cl)cc3)C(=O)[C@H]1S2)Nc1ccc(Cl)cc1. The second kappa shape index (κ2) is 10.4. The van der Waals surface area contributed by atoms with Crippen LogP contribution in [0.2, 0.25) is 10.0 Å². The van der Waals surface area contributed by atoms with Gasteiger partial charge in [0.05, 0.1) is 16.6 Å². The summed E-state index contributed by atoms with van der Waals surface area (Å²) < 4.78 is 1.35. The van der Waals surface area contributed by atoms with Crippen LogP contribution in [0.4, 0.5) is 11.4 Å². The van der Waals surface area contributed by atoms with Gasteiger partial charge in [0.1, 0.15) is 17.5 Å². The predicted octanol–water partition coefficient (Wildman–Crippen LogP) is 5.36. The highest BCUT2D eigenvalue weighted by atomic mass is 35.5. The Bertz CT molecular complexity index is 1700. The number of benzene rings is 3. The zero-order valence-electron chi connectivity index (χ0n) is 20.4. The number of anilines is 2. The molecular formula is C28H19Cl2N3O5S2. The largest absolute Gasteiger partial charge is 0.508 e. The van der Waals surface area contributed by atoms with Gasteiger partial charge in [0, 0.05) is 26.5 Å². The zero-order chi connectivity index (χ0) is 28.1. The Kier molecular flexibility index (Phi) is 6.95. The molecule has 3 atom stereocenters. The second-order valence-corrected chi connectivity index (χ2v) is 12.3. The van der Waals surface area contributed by atoms with E-state index in [1.54, 1.807) is 60.7 Å². The summed E-state index contributed by atoms with van der Waals surface area (Å²) in [6, 6.07) is 19.4. The van der Waals surface area contributed by atoms with Gasteiger partial charge >= 0.3 is 4.87 Å². The Morgan fingerprint density at radius 2 is 1.50 bits per heavy atom. The third-order valence-electron chi connectivity index (χ3n) is 6.82. The maximum Gasteiger partial charge on any atom is 0.308 e. The minimum Gasteiger partial charge on any atom is -0.508 e. The topological polar surface area (TPSA) is 109 Å². The highest BCUT2D eigenvalue weighted by Crippen LogP contribution is 2.54. The average molecular weight is 613 g/mol. The number of hydrogen-bond acceptors (Lipinski definition) is 7. The Hall–Kier alpha value is -3.57. The zero-order valence-corrected chi connectivity index (χ0v) is 23.6. The Balaban J connectivity index is 1.40. The van der Waals surface area contributed by atoms with Gasteiger partial charge in [-0.3, -0.25) is 23.7 Å². The lowest BCUT2D eigenvalue weighted by molar-refractivity contribution is -0.122. The number of aromatic hydroxyl groups is 1. The number of thioether (sulfide) groups is 1. The van der Waals surface area contributed by atoms with Crippen LogP contribution in [-0.4, -0.2) is 32.6 Å². The van der Waals surface area contributed by atoms with E-state index in [1.165, 1.54) is 16.7 Å². The first-order chi connectivity index (χ1) is 19.2. The van der Waals surface area contributed by atoms with E-state index >= 15 is 0 Å². The first-order valence-electron chi connectivity index (χ1n) is 12.1. The maximum atomic E-state index is 13.8. The van der Waals surface area contributed by atoms with E-state index in [2.05, 4.69) is 5.32 Å². The van der Waals surface area contributed by atoms with Crippen molar-refractivity contribution >= 4 is 75.4 Å². The van der Waals surface area contributed by atoms with Crippen molar-refractivity contribution in [2.24, 2.45) is 5.92 Å². The van der Waals surface area contributed by atoms with Crippen molar-refractivity contribution in [1.29, 1.82) is 0 Å². The van der Waals surface area contributed by atoms with Crippen molar-refractivity contribution in [3.8, 4) is 5.75 Å². The van der Waals surface area contributed by atoms with E-state index < -0.39 is 28.9 Å². The molecule has 2 aliphatic rings. The summed E-state index contributed by atoms with van der Waals surface area (Å²) in [6.07, 6.45) is 0. The van der Waals surface area contributed by atoms with E-state index in [-0.39, 0.29) is 23.1 Å². The minimum atomic E-state index is -0.825. The number of phenols is 1. The van der Waals surface area contributed by atoms with Crippen LogP contribution in [0.15, 0.2) is 82.6 Å². The number of phenolic OH excluding ortho intramolecular Hbond substituents is 1. The van der Waals surface area contributed by atoms with Crippen LogP contribution in [-0.2, 0) is 20.9 Å². The summed E-state index contributed by atoms with van der Waals surface area (Å²) in [6.45, 7) is -0.275. The van der Waals surface area contributed by atoms with Crippen molar-refractivity contribution in [3.05, 3.63) is 103 Å². The lowest BCUT2D eigenvalue weighted by atomic mass is 9.83. The van der Waals surface area contributed by atoms with Gasteiger partial charge in [-0.25, -0.2) is 4.90 Å². The molecule has 3 aromatic carbocycles. The molecule has 0 spiro atoms. The van der Waals surface area contributed by atoms with E-state index in [0.717, 1.165) is 28.0 Å². The number of imide groups is 1. The third-order valence-corrected chi connectivity index (χ3v) is 9.92. The highest BCUT2D eigenvalue weighted by Gasteiger charge is 2.56. The standard InChI is InChI=1S/C28H19Cl2N3O5S2/c29-15-3-7-17(8-4-15)31-20(35)13-32-27-24(40-28(32)38)21(14-1-11-19(34)12-2-14)22-23(39-27)26(37)33(25(22)36)18-9-5-16(30)6-10-18/h1-12,21-23,34H,13H2,(H,31,35)/t21-,22+,23-/m0/s1. The molecule has 1 saturated heterocycles. The van der Waals surface area contributed by atoms with Crippen LogP contribution in [0.5, 0.6) is 5.75 Å². The number of rotatable bonds is 5. The lowest BCUT2D eigenvalue weighted by Crippen LogP contribution is -2.33. The molecule has 0 bridgehead atoms. The molecule has 1 fully saturated rings. The van der Waals surface area contributed by atoms with Gasteiger partial charge in [0.15, 0.2) is 0 Å². The Labute approximate surface area is 246 Å². The summed E-state index contributed by atoms with van der Waals surface area (Å²) >= 11 is 14.0. The maximum absolute atomic E-state index is 13.8. The molecule has 8 nitrogen and oxygen atoms in total. The Morgan fingerprint density at radius 1 is 0.875 bits per heavy atom. The number of carbonyl (C=O) groups excluding carboxylic acids is 3. The van der Waals surface area contributed by atoms with Crippen molar-refractivity contribution in [2.75, 3.05) is 10.2 Å². The van der Waals surface area contributed by atoms with E-state index in [1.807, 2.05) is 0 Å². The molecule has 0 saturated carbocycles. The number of fused-ring (bicyclic) bond motifs is 2. The molecule has 0 aliphatic carbocycles. The molecule has 4 aromatic rings. The van der Waals surface area contributed by atoms with Crippen LogP contribution < -0.4 is 15.1 Å². The van der Waals surface area contributed by atoms with Crippen LogP contribution in [0.3, 0.4) is 0 Å². The fraction of sp³-hybridized carbons (Fsp3) is 0.143. The summed E-state index contributed by atoms with van der Waals surface area (Å²) in [5.41, 5.74) is 1.60. The number of thiazole rings is 1. The first kappa shape index (κ1) is 26.6. The summed E-state index contributed by atoms with van der Waals surface area (Å²) in [4.78, 5) is 55.1. The molecule has 3 heterocycles. The van der Waals surface area contributed by atoms with Gasteiger partial charge in [0.25, 0.3) is 0 Å². The number of carbonyl (C=O) groups is 3. The van der Waals surface area contributed by atoms with Gasteiger partial charge < -0.3 is 10.4 Å². The van der Waals surface area contributed by atoms with Gasteiger partial charge in [-0.1, -0.05) is 58.4 Å². The normalized spacial score (nSPS) is 19.9. The van der Waals surface area contributed by atoms with Gasteiger partial charge in [0.2, 0.25) is 17.7 Å². The minimum absolute atomic E-state index is 0.0481. The number of nitrogens with zero attached hydrogens (tertiary/aromatic N) is 2. The average Bonchev–Trinajstić information content (AvgIpc) is 3.37. The smallest absolute Gasteiger partial charge is 0.308 e. The molecule has 2 N–H and O–H groups in total. The van der Waals surface area contributed by atoms with Crippen LogP contribution in [0.25, 0.3) is 0 Å². The Morgan fingerprint density at radius 3 is 2.15 bits per heavy atom. The molecule has 0 radical (unpaired) electrons. The van der Waals surface area contributed by atoms with Crippen LogP contribution in [0, 0.1) is 5.92 Å². The second-order valence-electron chi connectivity index (χ2n) is 9.30. The van der Waals surface area contributed by atoms with Crippen LogP contribution >= 0.6 is 46.3 Å². The summed E-state index contributed by atoms with van der Waals surface area (Å²) in [5, 5.41) is 13.3. The summed E-state index contributed by atoms with van der Waals surface area (Å²) in [7, 11) is 0. The van der Waals surface area contributed by atoms with Gasteiger partial charge in [-0.05, 0) is 66.2 Å². The van der Waals surface area contributed by atoms with E-state index in [0.29, 0.717) is 36.9 Å². The predicted molar refractivity (Wildman–Crippen MR) is 156 cm³/mol. The molecule has 3 amide bonds. The van der Waals surface area contributed by atoms with E-state index in [9.17, 15) is 24.3 Å². The van der Waals surface area contributed by atoms with Gasteiger partial charge in [-0.15, -0.1) is 0 Å². The highest BCUT2D eigenvalue weighted by molar-refractivity contribution is 8.00. The molecule has 40 heavy (non-hydrogen) atoms. The van der Waals surface area contributed by atoms with Crippen LogP contribution in [0.1, 0.15) is 16.4 Å². The van der Waals surface area contributed by atoms with E-state index in [4.69, 9.17) is 23.2 Å². The molecule has 6 rings (SSSR count). The molecule has 202 valence electrons. The van der Waals surface area contributed by atoms with Crippen molar-refractivity contribution in [1.82, 2.24) is 4.57 Å². The number of amides is 3. The molecule has 0 unspecified atom stereocenters. The number of aromatic nitrogens is 1. The monoisotopic (exact) mass is 611 g/mol. The fourth-order valence-electron chi connectivity index (χ4n) is 5.02. The molecule has 2 aliphatic heterocycles. The fourth-order valence-corrected chi connectivity index (χ4v) is 8.04. The van der Waals surface area contributed by atoms with Crippen molar-refractivity contribution in [2.45, 2.75) is 22.7 Å². The number of nitrogens with one attached hydrogen (secondary N) is 1. The molecule has 1 aromatic heterocycles. The van der Waals surface area contributed by atoms with Crippen molar-refractivity contribution < 1.29 is 19.5 Å².